The lowest BCUT2D eigenvalue weighted by molar-refractivity contribution is 0.0953. The number of amides is 1. The van der Waals surface area contributed by atoms with Crippen molar-refractivity contribution in [3.05, 3.63) is 29.8 Å². The molecule has 27 heavy (non-hydrogen) atoms. The van der Waals surface area contributed by atoms with E-state index in [1.165, 1.54) is 6.07 Å². The van der Waals surface area contributed by atoms with Gasteiger partial charge in [0, 0.05) is 31.7 Å². The molecule has 0 spiro atoms. The smallest absolute Gasteiger partial charge is 0.251 e. The zero-order valence-electron chi connectivity index (χ0n) is 16.4. The van der Waals surface area contributed by atoms with Crippen LogP contribution < -0.4 is 10.6 Å². The van der Waals surface area contributed by atoms with Gasteiger partial charge >= 0.3 is 0 Å². The van der Waals surface area contributed by atoms with E-state index >= 15 is 0 Å². The quantitative estimate of drug-likeness (QED) is 0.637. The summed E-state index contributed by atoms with van der Waals surface area (Å²) < 4.78 is 27.5. The maximum Gasteiger partial charge on any atom is 0.251 e. The Morgan fingerprint density at radius 3 is 2.44 bits per heavy atom. The van der Waals surface area contributed by atoms with E-state index in [1.54, 1.807) is 22.5 Å². The Morgan fingerprint density at radius 2 is 1.81 bits per heavy atom. The molecule has 154 valence electrons. The fraction of sp³-hybridized carbons (Fsp3) is 0.632. The molecule has 1 amide bonds. The summed E-state index contributed by atoms with van der Waals surface area (Å²) in [5.74, 6) is 0.437. The molecule has 6 nitrogen and oxygen atoms in total. The zero-order valence-corrected chi connectivity index (χ0v) is 18.0. The molecule has 0 saturated carbocycles. The van der Waals surface area contributed by atoms with Crippen LogP contribution >= 0.6 is 12.4 Å². The van der Waals surface area contributed by atoms with Gasteiger partial charge in [0.15, 0.2) is 0 Å². The molecule has 1 aromatic rings. The zero-order chi connectivity index (χ0) is 19.2. The Morgan fingerprint density at radius 1 is 1.15 bits per heavy atom. The molecule has 1 fully saturated rings. The summed E-state index contributed by atoms with van der Waals surface area (Å²) in [7, 11) is -3.58. The maximum atomic E-state index is 13.0. The summed E-state index contributed by atoms with van der Waals surface area (Å²) in [5, 5.41) is 6.03. The third-order valence-electron chi connectivity index (χ3n) is 4.58. The summed E-state index contributed by atoms with van der Waals surface area (Å²) in [6.45, 7) is 9.43. The topological polar surface area (TPSA) is 78.5 Å². The maximum absolute atomic E-state index is 13.0. The molecule has 1 aliphatic heterocycles. The second-order valence-electron chi connectivity index (χ2n) is 7.30. The van der Waals surface area contributed by atoms with Crippen LogP contribution in [0.5, 0.6) is 0 Å². The molecule has 0 aromatic heterocycles. The molecule has 1 aliphatic rings. The van der Waals surface area contributed by atoms with Crippen molar-refractivity contribution in [2.75, 3.05) is 32.7 Å². The van der Waals surface area contributed by atoms with Crippen LogP contribution in [0, 0.1) is 11.8 Å². The molecule has 2 atom stereocenters. The normalized spacial score (nSPS) is 20.7. The van der Waals surface area contributed by atoms with Gasteiger partial charge in [-0.2, -0.15) is 4.31 Å². The summed E-state index contributed by atoms with van der Waals surface area (Å²) >= 11 is 0. The minimum absolute atomic E-state index is 0. The Kier molecular flexibility index (Phi) is 9.73. The van der Waals surface area contributed by atoms with Crippen molar-refractivity contribution in [1.29, 1.82) is 0 Å². The van der Waals surface area contributed by atoms with E-state index in [9.17, 15) is 13.2 Å². The molecular formula is C19H32ClN3O3S. The van der Waals surface area contributed by atoms with Crippen molar-refractivity contribution in [2.45, 2.75) is 38.5 Å². The first-order valence-electron chi connectivity index (χ1n) is 9.43. The van der Waals surface area contributed by atoms with Gasteiger partial charge in [0.2, 0.25) is 10.0 Å². The number of piperidine rings is 1. The van der Waals surface area contributed by atoms with Crippen molar-refractivity contribution in [3.8, 4) is 0 Å². The summed E-state index contributed by atoms with van der Waals surface area (Å²) in [4.78, 5) is 12.5. The number of carbonyl (C=O) groups is 1. The third kappa shape index (κ3) is 6.75. The van der Waals surface area contributed by atoms with Crippen LogP contribution in [0.25, 0.3) is 0 Å². The molecule has 2 N–H and O–H groups in total. The van der Waals surface area contributed by atoms with Crippen molar-refractivity contribution >= 4 is 28.3 Å². The predicted octanol–water partition coefficient (Wildman–Crippen LogP) is 2.50. The van der Waals surface area contributed by atoms with Crippen LogP contribution in [0.2, 0.25) is 0 Å². The lowest BCUT2D eigenvalue weighted by Gasteiger charge is -2.34. The number of hydrogen-bond donors (Lipinski definition) is 2. The largest absolute Gasteiger partial charge is 0.351 e. The van der Waals surface area contributed by atoms with Crippen LogP contribution in [0.4, 0.5) is 0 Å². The van der Waals surface area contributed by atoms with E-state index in [1.807, 2.05) is 0 Å². The van der Waals surface area contributed by atoms with Gasteiger partial charge in [0.05, 0.1) is 4.90 Å². The molecule has 1 heterocycles. The second-order valence-corrected chi connectivity index (χ2v) is 9.24. The fourth-order valence-electron chi connectivity index (χ4n) is 3.42. The van der Waals surface area contributed by atoms with Crippen molar-refractivity contribution in [3.63, 3.8) is 0 Å². The Balaban J connectivity index is 0.00000364. The number of benzene rings is 1. The lowest BCUT2D eigenvalue weighted by atomic mass is 9.94. The second kappa shape index (κ2) is 11.0. The van der Waals surface area contributed by atoms with Gasteiger partial charge in [-0.3, -0.25) is 4.79 Å². The number of sulfonamides is 1. The molecule has 2 rings (SSSR count). The number of nitrogens with zero attached hydrogens (tertiary/aromatic N) is 1. The predicted molar refractivity (Wildman–Crippen MR) is 111 cm³/mol. The number of carbonyl (C=O) groups excluding carboxylic acids is 1. The molecule has 1 aromatic carbocycles. The molecule has 8 heteroatoms. The summed E-state index contributed by atoms with van der Waals surface area (Å²) in [6.07, 6.45) is 2.09. The van der Waals surface area contributed by atoms with E-state index in [0.29, 0.717) is 43.6 Å². The lowest BCUT2D eigenvalue weighted by Crippen LogP contribution is -2.42. The highest BCUT2D eigenvalue weighted by molar-refractivity contribution is 7.89. The molecule has 0 radical (unpaired) electrons. The molecule has 0 aliphatic carbocycles. The van der Waals surface area contributed by atoms with Gasteiger partial charge in [-0.1, -0.05) is 26.8 Å². The number of halogens is 1. The van der Waals surface area contributed by atoms with E-state index in [0.717, 1.165) is 19.4 Å². The van der Waals surface area contributed by atoms with E-state index in [4.69, 9.17) is 0 Å². The minimum atomic E-state index is -3.58. The summed E-state index contributed by atoms with van der Waals surface area (Å²) in [6, 6.07) is 6.33. The average Bonchev–Trinajstić information content (AvgIpc) is 2.60. The van der Waals surface area contributed by atoms with E-state index < -0.39 is 10.0 Å². The van der Waals surface area contributed by atoms with Gasteiger partial charge in [-0.05, 0) is 49.4 Å². The molecule has 2 unspecified atom stereocenters. The number of hydrogen-bond acceptors (Lipinski definition) is 4. The monoisotopic (exact) mass is 417 g/mol. The highest BCUT2D eigenvalue weighted by atomic mass is 35.5. The van der Waals surface area contributed by atoms with Crippen molar-refractivity contribution in [1.82, 2.24) is 14.9 Å². The SMILES string of the molecule is CCCNCCNC(=O)c1cccc(S(=O)(=O)N2CC(C)CC(C)C2)c1.Cl. The first-order chi connectivity index (χ1) is 12.3. The highest BCUT2D eigenvalue weighted by Crippen LogP contribution is 2.26. The van der Waals surface area contributed by atoms with E-state index in [2.05, 4.69) is 31.4 Å². The number of nitrogens with one attached hydrogen (secondary N) is 2. The first kappa shape index (κ1) is 23.9. The van der Waals surface area contributed by atoms with Gasteiger partial charge in [0.25, 0.3) is 5.91 Å². The van der Waals surface area contributed by atoms with Gasteiger partial charge in [-0.15, -0.1) is 12.4 Å². The van der Waals surface area contributed by atoms with Gasteiger partial charge in [0.1, 0.15) is 0 Å². The van der Waals surface area contributed by atoms with Crippen molar-refractivity contribution < 1.29 is 13.2 Å². The van der Waals surface area contributed by atoms with Crippen LogP contribution in [0.3, 0.4) is 0 Å². The highest BCUT2D eigenvalue weighted by Gasteiger charge is 2.31. The first-order valence-corrected chi connectivity index (χ1v) is 10.9. The fourth-order valence-corrected chi connectivity index (χ4v) is 5.14. The number of rotatable bonds is 8. The molecular weight excluding hydrogens is 386 g/mol. The van der Waals surface area contributed by atoms with E-state index in [-0.39, 0.29) is 23.2 Å². The minimum Gasteiger partial charge on any atom is -0.351 e. The van der Waals surface area contributed by atoms with Gasteiger partial charge in [-0.25, -0.2) is 8.42 Å². The molecule has 0 bridgehead atoms. The summed E-state index contributed by atoms with van der Waals surface area (Å²) in [5.41, 5.74) is 0.375. The molecule has 1 saturated heterocycles. The third-order valence-corrected chi connectivity index (χ3v) is 6.41. The van der Waals surface area contributed by atoms with Crippen LogP contribution in [-0.2, 0) is 10.0 Å². The Labute approximate surface area is 169 Å². The van der Waals surface area contributed by atoms with Crippen LogP contribution in [0.15, 0.2) is 29.2 Å². The average molecular weight is 418 g/mol. The Hall–Kier alpha value is -1.15. The van der Waals surface area contributed by atoms with Crippen LogP contribution in [0.1, 0.15) is 44.0 Å². The standard InChI is InChI=1S/C19H31N3O3S.ClH/c1-4-8-20-9-10-21-19(23)17-6-5-7-18(12-17)26(24,25)22-13-15(2)11-16(3)14-22;/h5-7,12,15-16,20H,4,8-11,13-14H2,1-3H3,(H,21,23);1H. The Bertz CT molecular complexity index is 702. The van der Waals surface area contributed by atoms with Crippen molar-refractivity contribution in [2.24, 2.45) is 11.8 Å². The van der Waals surface area contributed by atoms with Crippen LogP contribution in [-0.4, -0.2) is 51.4 Å². The van der Waals surface area contributed by atoms with Gasteiger partial charge < -0.3 is 10.6 Å².